The van der Waals surface area contributed by atoms with E-state index in [-0.39, 0.29) is 39.3 Å². The van der Waals surface area contributed by atoms with E-state index in [1.54, 1.807) is 0 Å². The van der Waals surface area contributed by atoms with Crippen LogP contribution < -0.4 is 19.6 Å². The van der Waals surface area contributed by atoms with Crippen molar-refractivity contribution >= 4 is 11.0 Å². The van der Waals surface area contributed by atoms with Crippen molar-refractivity contribution in [1.29, 1.82) is 0 Å². The Morgan fingerprint density at radius 2 is 1.43 bits per heavy atom. The molecule has 0 amide bonds. The number of aliphatic hydroxyl groups is 7. The van der Waals surface area contributed by atoms with Gasteiger partial charge in [-0.25, -0.2) is 0 Å². The van der Waals surface area contributed by atoms with Crippen LogP contribution in [0.2, 0.25) is 0 Å². The number of hydrogen-bond donors (Lipinski definition) is 9. The Balaban J connectivity index is 1.34. The van der Waals surface area contributed by atoms with E-state index in [1.165, 1.54) is 32.4 Å². The summed E-state index contributed by atoms with van der Waals surface area (Å²) in [7, 11) is 2.57. The molecule has 3 heterocycles. The molecule has 46 heavy (non-hydrogen) atoms. The van der Waals surface area contributed by atoms with Gasteiger partial charge < -0.3 is 78.8 Å². The zero-order valence-electron chi connectivity index (χ0n) is 24.4. The smallest absolute Gasteiger partial charge is 0.229 e. The van der Waals surface area contributed by atoms with E-state index in [2.05, 4.69) is 0 Å². The summed E-state index contributed by atoms with van der Waals surface area (Å²) in [5.74, 6) is -1.35. The van der Waals surface area contributed by atoms with Crippen molar-refractivity contribution in [3.63, 3.8) is 0 Å². The molecule has 2 fully saturated rings. The maximum atomic E-state index is 13.4. The van der Waals surface area contributed by atoms with Crippen molar-refractivity contribution in [2.75, 3.05) is 27.4 Å². The lowest BCUT2D eigenvalue weighted by Gasteiger charge is -2.42. The van der Waals surface area contributed by atoms with Crippen LogP contribution in [0.3, 0.4) is 0 Å². The van der Waals surface area contributed by atoms with Crippen LogP contribution in [0.15, 0.2) is 39.7 Å². The lowest BCUT2D eigenvalue weighted by atomic mass is 9.98. The molecular formula is C29H34O17. The van der Waals surface area contributed by atoms with Gasteiger partial charge in [-0.15, -0.1) is 0 Å². The average molecular weight is 655 g/mol. The second-order valence-corrected chi connectivity index (χ2v) is 10.7. The first-order chi connectivity index (χ1) is 21.9. The van der Waals surface area contributed by atoms with Gasteiger partial charge in [0.2, 0.25) is 17.5 Å². The van der Waals surface area contributed by atoms with Gasteiger partial charge in [0.15, 0.2) is 29.3 Å². The second kappa shape index (κ2) is 13.5. The minimum absolute atomic E-state index is 0.0184. The van der Waals surface area contributed by atoms with E-state index in [4.69, 9.17) is 32.8 Å². The predicted molar refractivity (Wildman–Crippen MR) is 151 cm³/mol. The Labute approximate surface area is 259 Å². The van der Waals surface area contributed by atoms with E-state index >= 15 is 0 Å². The number of ether oxygens (including phenoxy) is 6. The topological polar surface area (TPSA) is 268 Å². The minimum atomic E-state index is -1.82. The summed E-state index contributed by atoms with van der Waals surface area (Å²) in [5, 5.41) is 91.9. The number of rotatable bonds is 9. The Bertz CT molecular complexity index is 1590. The van der Waals surface area contributed by atoms with Crippen LogP contribution >= 0.6 is 0 Å². The molecule has 0 unspecified atom stereocenters. The SMILES string of the molecule is COc1cc2occ(-c3ccc(O[C@H]4O[C@@H](CO[C@@H]5O[C@@H](CO)[C@@H](O)[C@@H](O)[C@H]5O)[C@@H](O)[C@@H](O)[C@@H]4O)c(O)c3)c(=O)c2c(OC)c1O. The zero-order valence-corrected chi connectivity index (χ0v) is 24.4. The van der Waals surface area contributed by atoms with Crippen LogP contribution in [0.1, 0.15) is 0 Å². The van der Waals surface area contributed by atoms with Gasteiger partial charge in [-0.05, 0) is 17.7 Å². The monoisotopic (exact) mass is 654 g/mol. The van der Waals surface area contributed by atoms with Crippen molar-refractivity contribution < 1.29 is 78.8 Å². The summed E-state index contributed by atoms with van der Waals surface area (Å²) >= 11 is 0. The van der Waals surface area contributed by atoms with Crippen LogP contribution in [0.4, 0.5) is 0 Å². The summed E-state index contributed by atoms with van der Waals surface area (Å²) in [6, 6.07) is 5.09. The van der Waals surface area contributed by atoms with Crippen LogP contribution in [0, 0.1) is 0 Å². The van der Waals surface area contributed by atoms with Gasteiger partial charge in [-0.1, -0.05) is 6.07 Å². The Morgan fingerprint density at radius 3 is 2.07 bits per heavy atom. The quantitative estimate of drug-likeness (QED) is 0.119. The first-order valence-electron chi connectivity index (χ1n) is 13.9. The van der Waals surface area contributed by atoms with Crippen molar-refractivity contribution in [3.05, 3.63) is 40.8 Å². The summed E-state index contributed by atoms with van der Waals surface area (Å²) in [6.07, 6.45) is -15.2. The fraction of sp³-hybridized carbons (Fsp3) is 0.483. The highest BCUT2D eigenvalue weighted by Gasteiger charge is 2.48. The van der Waals surface area contributed by atoms with Crippen LogP contribution in [0.5, 0.6) is 28.7 Å². The molecule has 2 saturated heterocycles. The molecule has 2 aliphatic heterocycles. The molecule has 0 saturated carbocycles. The van der Waals surface area contributed by atoms with E-state index in [0.717, 1.165) is 12.3 Å². The lowest BCUT2D eigenvalue weighted by Crippen LogP contribution is -2.62. The summed E-state index contributed by atoms with van der Waals surface area (Å²) in [4.78, 5) is 13.4. The standard InChI is InChI=1S/C29H34O17/c1-40-15-6-14-18(27(41-2)22(15)35)19(32)11(8-42-14)10-3-4-13(12(31)5-10)44-29-26(39)24(37)21(34)17(46-29)9-43-28-25(38)23(36)20(33)16(7-30)45-28/h3-6,8,16-17,20-21,23-26,28-31,33-39H,7,9H2,1-2H3/t16-,17-,20+,21+,23+,24+,25+,26-,28+,29-/m0/s1. The number of methoxy groups -OCH3 is 2. The largest absolute Gasteiger partial charge is 0.504 e. The molecule has 0 radical (unpaired) electrons. The van der Waals surface area contributed by atoms with Crippen LogP contribution in [-0.2, 0) is 14.2 Å². The van der Waals surface area contributed by atoms with Gasteiger partial charge in [-0.2, -0.15) is 0 Å². The molecule has 0 spiro atoms. The van der Waals surface area contributed by atoms with E-state index in [9.17, 15) is 50.8 Å². The van der Waals surface area contributed by atoms with Crippen molar-refractivity contribution in [2.24, 2.45) is 0 Å². The molecule has 5 rings (SSSR count). The fourth-order valence-electron chi connectivity index (χ4n) is 5.23. The minimum Gasteiger partial charge on any atom is -0.504 e. The maximum Gasteiger partial charge on any atom is 0.229 e. The third kappa shape index (κ3) is 6.05. The van der Waals surface area contributed by atoms with Crippen LogP contribution in [0.25, 0.3) is 22.1 Å². The Hall–Kier alpha value is -3.75. The van der Waals surface area contributed by atoms with Gasteiger partial charge in [0, 0.05) is 6.07 Å². The third-order valence-corrected chi connectivity index (χ3v) is 7.84. The molecule has 10 atom stereocenters. The number of fused-ring (bicyclic) bond motifs is 1. The molecule has 0 bridgehead atoms. The van der Waals surface area contributed by atoms with E-state index in [0.29, 0.717) is 0 Å². The number of aromatic hydroxyl groups is 2. The number of benzene rings is 2. The molecule has 0 aliphatic carbocycles. The first-order valence-corrected chi connectivity index (χ1v) is 13.9. The summed E-state index contributed by atoms with van der Waals surface area (Å²) in [5.41, 5.74) is -0.382. The highest BCUT2D eigenvalue weighted by atomic mass is 16.7. The van der Waals surface area contributed by atoms with Gasteiger partial charge in [0.25, 0.3) is 0 Å². The third-order valence-electron chi connectivity index (χ3n) is 7.84. The normalized spacial score (nSPS) is 31.5. The molecule has 1 aromatic heterocycles. The Morgan fingerprint density at radius 1 is 0.783 bits per heavy atom. The van der Waals surface area contributed by atoms with Crippen LogP contribution in [-0.4, -0.2) is 135 Å². The Kier molecular flexibility index (Phi) is 9.89. The summed E-state index contributed by atoms with van der Waals surface area (Å²) < 4.78 is 37.7. The van der Waals surface area contributed by atoms with Crippen molar-refractivity contribution in [2.45, 2.75) is 61.4 Å². The number of phenols is 2. The summed E-state index contributed by atoms with van der Waals surface area (Å²) in [6.45, 7) is -1.28. The van der Waals surface area contributed by atoms with Crippen molar-refractivity contribution in [1.82, 2.24) is 0 Å². The number of aliphatic hydroxyl groups excluding tert-OH is 7. The fourth-order valence-corrected chi connectivity index (χ4v) is 5.23. The lowest BCUT2D eigenvalue weighted by molar-refractivity contribution is -0.323. The van der Waals surface area contributed by atoms with Gasteiger partial charge >= 0.3 is 0 Å². The van der Waals surface area contributed by atoms with Gasteiger partial charge in [-0.3, -0.25) is 4.79 Å². The highest BCUT2D eigenvalue weighted by Crippen LogP contribution is 2.42. The van der Waals surface area contributed by atoms with Crippen molar-refractivity contribution in [3.8, 4) is 39.9 Å². The number of hydrogen-bond acceptors (Lipinski definition) is 17. The number of phenolic OH excluding ortho intramolecular Hbond substituents is 2. The molecule has 17 heteroatoms. The zero-order chi connectivity index (χ0) is 33.4. The molecule has 3 aromatic rings. The average Bonchev–Trinajstić information content (AvgIpc) is 3.05. The molecule has 2 aliphatic rings. The van der Waals surface area contributed by atoms with Gasteiger partial charge in [0.1, 0.15) is 66.1 Å². The predicted octanol–water partition coefficient (Wildman–Crippen LogP) is -2.11. The highest BCUT2D eigenvalue weighted by molar-refractivity contribution is 5.91. The maximum absolute atomic E-state index is 13.4. The second-order valence-electron chi connectivity index (χ2n) is 10.7. The molecular weight excluding hydrogens is 620 g/mol. The molecule has 252 valence electrons. The van der Waals surface area contributed by atoms with Gasteiger partial charge in [0.05, 0.1) is 33.0 Å². The first kappa shape index (κ1) is 33.6. The molecule has 2 aromatic carbocycles. The molecule has 9 N–H and O–H groups in total. The molecule has 17 nitrogen and oxygen atoms in total. The van der Waals surface area contributed by atoms with E-state index < -0.39 is 91.6 Å². The van der Waals surface area contributed by atoms with E-state index in [1.807, 2.05) is 0 Å².